The minimum Gasteiger partial charge on any atom is -0.364 e. The van der Waals surface area contributed by atoms with Crippen LogP contribution in [-0.4, -0.2) is 35.3 Å². The molecule has 7 rings (SSSR count). The molecule has 4 aromatic heterocycles. The van der Waals surface area contributed by atoms with Crippen molar-refractivity contribution in [2.75, 3.05) is 5.32 Å². The molecule has 10 heteroatoms. The second-order valence-electron chi connectivity index (χ2n) is 8.73. The Kier molecular flexibility index (Phi) is 4.83. The lowest BCUT2D eigenvalue weighted by Gasteiger charge is -2.47. The van der Waals surface area contributed by atoms with Gasteiger partial charge in [0.1, 0.15) is 16.4 Å². The van der Waals surface area contributed by atoms with Crippen molar-refractivity contribution in [3.8, 4) is 22.0 Å². The number of fused-ring (bicyclic) bond motifs is 4. The van der Waals surface area contributed by atoms with Crippen LogP contribution >= 0.6 is 23.1 Å². The molecule has 0 aliphatic heterocycles. The molecule has 4 aromatic rings. The number of rotatable bonds is 4. The fraction of sp³-hybridized carbons (Fsp3) is 0.409. The Morgan fingerprint density at radius 3 is 2.72 bits per heavy atom. The highest BCUT2D eigenvalue weighted by atomic mass is 35.5. The number of anilines is 1. The van der Waals surface area contributed by atoms with E-state index < -0.39 is 5.82 Å². The summed E-state index contributed by atoms with van der Waals surface area (Å²) >= 11 is 7.28. The summed E-state index contributed by atoms with van der Waals surface area (Å²) in [5, 5.41) is 3.75. The minimum absolute atomic E-state index is 0.200. The van der Waals surface area contributed by atoms with Gasteiger partial charge in [-0.3, -0.25) is 0 Å². The van der Waals surface area contributed by atoms with E-state index in [4.69, 9.17) is 11.6 Å². The Morgan fingerprint density at radius 1 is 1.16 bits per heavy atom. The number of hydrogen-bond acceptors (Lipinski definition) is 7. The van der Waals surface area contributed by atoms with E-state index in [0.717, 1.165) is 0 Å². The fourth-order valence-electron chi connectivity index (χ4n) is 5.36. The SMILES string of the molecule is C[C@H]1C2CCC(CC2)[C@@H]1Nc1nc(-c2c[nH]c3ncc(Cl)nc23)nc(-c2ccns2)c1F. The van der Waals surface area contributed by atoms with E-state index in [9.17, 15) is 0 Å². The van der Waals surface area contributed by atoms with Gasteiger partial charge in [0, 0.05) is 18.4 Å². The lowest BCUT2D eigenvalue weighted by atomic mass is 9.62. The second-order valence-corrected chi connectivity index (χ2v) is 9.95. The van der Waals surface area contributed by atoms with Crippen molar-refractivity contribution in [3.05, 3.63) is 35.6 Å². The highest BCUT2D eigenvalue weighted by molar-refractivity contribution is 7.09. The summed E-state index contributed by atoms with van der Waals surface area (Å²) < 4.78 is 19.8. The number of nitrogens with zero attached hydrogens (tertiary/aromatic N) is 5. The van der Waals surface area contributed by atoms with Gasteiger partial charge in [-0.25, -0.2) is 28.7 Å². The molecular weight excluding hydrogens is 449 g/mol. The molecule has 7 nitrogen and oxygen atoms in total. The maximum Gasteiger partial charge on any atom is 0.192 e. The van der Waals surface area contributed by atoms with Gasteiger partial charge in [-0.05, 0) is 61.0 Å². The number of aromatic nitrogens is 6. The molecule has 0 saturated heterocycles. The molecular formula is C22H21ClFN7S. The Balaban J connectivity index is 1.48. The Hall–Kier alpha value is -2.65. The van der Waals surface area contributed by atoms with Crippen LogP contribution in [0.15, 0.2) is 24.7 Å². The van der Waals surface area contributed by atoms with Gasteiger partial charge in [0.05, 0.1) is 16.6 Å². The van der Waals surface area contributed by atoms with Gasteiger partial charge in [-0.1, -0.05) is 18.5 Å². The largest absolute Gasteiger partial charge is 0.364 e. The molecule has 0 unspecified atom stereocenters. The van der Waals surface area contributed by atoms with Crippen molar-refractivity contribution < 1.29 is 4.39 Å². The zero-order valence-corrected chi connectivity index (χ0v) is 18.9. The average molecular weight is 470 g/mol. The normalized spacial score (nSPS) is 24.8. The van der Waals surface area contributed by atoms with E-state index in [1.165, 1.54) is 43.4 Å². The molecule has 0 spiro atoms. The van der Waals surface area contributed by atoms with Crippen LogP contribution in [0.3, 0.4) is 0 Å². The molecule has 0 aromatic carbocycles. The third-order valence-electron chi connectivity index (χ3n) is 7.05. The molecule has 3 fully saturated rings. The first kappa shape index (κ1) is 20.0. The number of halogens is 2. The minimum atomic E-state index is -0.449. The summed E-state index contributed by atoms with van der Waals surface area (Å²) in [5.41, 5.74) is 1.99. The van der Waals surface area contributed by atoms with Crippen molar-refractivity contribution in [3.63, 3.8) is 0 Å². The first-order chi connectivity index (χ1) is 15.6. The van der Waals surface area contributed by atoms with Crippen molar-refractivity contribution in [2.24, 2.45) is 17.8 Å². The van der Waals surface area contributed by atoms with Crippen molar-refractivity contribution >= 4 is 40.1 Å². The van der Waals surface area contributed by atoms with Crippen LogP contribution < -0.4 is 5.32 Å². The predicted octanol–water partition coefficient (Wildman–Crippen LogP) is 5.57. The standard InChI is InChI=1S/C22H21ClFN7S/c1-10-11-2-4-12(5-3-11)17(10)29-21-16(24)19(14-6-7-27-32-14)30-20(31-21)13-8-25-22-18(13)28-15(23)9-26-22/h6-12,17H,2-5H2,1H3,(H,25,26)(H,29,30,31)/t10-,11?,12?,17+/m0/s1. The van der Waals surface area contributed by atoms with Crippen molar-refractivity contribution in [1.82, 2.24) is 29.3 Å². The molecule has 0 radical (unpaired) electrons. The van der Waals surface area contributed by atoms with Gasteiger partial charge in [-0.2, -0.15) is 0 Å². The van der Waals surface area contributed by atoms with Gasteiger partial charge in [0.15, 0.2) is 23.1 Å². The van der Waals surface area contributed by atoms with Crippen LogP contribution in [0.5, 0.6) is 0 Å². The molecule has 2 atom stereocenters. The summed E-state index contributed by atoms with van der Waals surface area (Å²) in [6.45, 7) is 2.27. The maximum atomic E-state index is 15.7. The zero-order valence-electron chi connectivity index (χ0n) is 17.3. The third kappa shape index (κ3) is 3.26. The van der Waals surface area contributed by atoms with Gasteiger partial charge < -0.3 is 10.3 Å². The van der Waals surface area contributed by atoms with Gasteiger partial charge in [0.25, 0.3) is 0 Å². The molecule has 3 aliphatic carbocycles. The molecule has 0 amide bonds. The molecule has 2 N–H and O–H groups in total. The molecule has 2 bridgehead atoms. The van der Waals surface area contributed by atoms with Crippen LogP contribution in [0, 0.1) is 23.6 Å². The predicted molar refractivity (Wildman–Crippen MR) is 123 cm³/mol. The van der Waals surface area contributed by atoms with Crippen LogP contribution in [0.2, 0.25) is 5.15 Å². The van der Waals surface area contributed by atoms with E-state index in [1.807, 2.05) is 0 Å². The monoisotopic (exact) mass is 469 g/mol. The lowest BCUT2D eigenvalue weighted by molar-refractivity contribution is 0.0926. The van der Waals surface area contributed by atoms with Gasteiger partial charge >= 0.3 is 0 Å². The van der Waals surface area contributed by atoms with E-state index in [-0.39, 0.29) is 22.7 Å². The first-order valence-electron chi connectivity index (χ1n) is 10.8. The summed E-state index contributed by atoms with van der Waals surface area (Å²) in [5.74, 6) is 1.85. The van der Waals surface area contributed by atoms with Crippen molar-refractivity contribution in [2.45, 2.75) is 38.6 Å². The molecule has 32 heavy (non-hydrogen) atoms. The van der Waals surface area contributed by atoms with Crippen LogP contribution in [0.1, 0.15) is 32.6 Å². The molecule has 3 saturated carbocycles. The van der Waals surface area contributed by atoms with Crippen LogP contribution in [0.4, 0.5) is 10.2 Å². The number of aromatic amines is 1. The molecule has 164 valence electrons. The topological polar surface area (TPSA) is 92.3 Å². The third-order valence-corrected chi connectivity index (χ3v) is 7.99. The molecule has 3 aliphatic rings. The zero-order chi connectivity index (χ0) is 21.8. The summed E-state index contributed by atoms with van der Waals surface area (Å²) in [7, 11) is 0. The maximum absolute atomic E-state index is 15.7. The van der Waals surface area contributed by atoms with E-state index in [0.29, 0.717) is 45.2 Å². The van der Waals surface area contributed by atoms with Crippen LogP contribution in [-0.2, 0) is 0 Å². The van der Waals surface area contributed by atoms with Gasteiger partial charge in [-0.15, -0.1) is 0 Å². The average Bonchev–Trinajstić information content (AvgIpc) is 3.48. The highest BCUT2D eigenvalue weighted by Gasteiger charge is 2.41. The van der Waals surface area contributed by atoms with E-state index >= 15 is 4.39 Å². The van der Waals surface area contributed by atoms with Crippen molar-refractivity contribution in [1.29, 1.82) is 0 Å². The lowest BCUT2D eigenvalue weighted by Crippen LogP contribution is -2.47. The fourth-order valence-corrected chi connectivity index (χ4v) is 6.08. The number of nitrogens with one attached hydrogen (secondary N) is 2. The highest BCUT2D eigenvalue weighted by Crippen LogP contribution is 2.46. The summed E-state index contributed by atoms with van der Waals surface area (Å²) in [4.78, 5) is 21.6. The Labute approximate surface area is 193 Å². The smallest absolute Gasteiger partial charge is 0.192 e. The van der Waals surface area contributed by atoms with Crippen LogP contribution in [0.25, 0.3) is 33.1 Å². The Bertz CT molecular complexity index is 1280. The number of H-pyrrole nitrogens is 1. The van der Waals surface area contributed by atoms with E-state index in [1.54, 1.807) is 18.5 Å². The second kappa shape index (κ2) is 7.74. The first-order valence-corrected chi connectivity index (χ1v) is 12.0. The Morgan fingerprint density at radius 2 is 1.97 bits per heavy atom. The molecule has 4 heterocycles. The summed E-state index contributed by atoms with van der Waals surface area (Å²) in [6.07, 6.45) is 9.76. The van der Waals surface area contributed by atoms with Gasteiger partial charge in [0.2, 0.25) is 0 Å². The quantitative estimate of drug-likeness (QED) is 0.406. The summed E-state index contributed by atoms with van der Waals surface area (Å²) in [6, 6.07) is 1.96. The number of hydrogen-bond donors (Lipinski definition) is 2. The van der Waals surface area contributed by atoms with E-state index in [2.05, 4.69) is 41.5 Å².